The Balaban J connectivity index is 0.000000400. The quantitative estimate of drug-likeness (QED) is 0.188. The Kier molecular flexibility index (Phi) is 10.7. The maximum absolute atomic E-state index is 12.0. The fourth-order valence-corrected chi connectivity index (χ4v) is 8.85. The lowest BCUT2D eigenvalue weighted by molar-refractivity contribution is -0.0471. The van der Waals surface area contributed by atoms with Crippen molar-refractivity contribution in [3.05, 3.63) is 58.0 Å². The maximum Gasteiger partial charge on any atom is 0.470 e. The Bertz CT molecular complexity index is 1390. The van der Waals surface area contributed by atoms with E-state index in [2.05, 4.69) is 24.8 Å². The van der Waals surface area contributed by atoms with Crippen molar-refractivity contribution >= 4 is 59.7 Å². The number of ketones is 1. The van der Waals surface area contributed by atoms with Gasteiger partial charge in [-0.2, -0.15) is 39.5 Å². The zero-order chi connectivity index (χ0) is 30.8. The molecule has 0 atom stereocenters. The van der Waals surface area contributed by atoms with Gasteiger partial charge in [-0.15, -0.1) is 0 Å². The van der Waals surface area contributed by atoms with Crippen molar-refractivity contribution in [3.63, 3.8) is 0 Å². The molecule has 0 aliphatic rings. The minimum absolute atomic E-state index is 0.102. The summed E-state index contributed by atoms with van der Waals surface area (Å²) in [4.78, 5) is 14.5. The molecule has 0 heterocycles. The summed E-state index contributed by atoms with van der Waals surface area (Å²) in [6.07, 6.45) is 0. The first-order valence-electron chi connectivity index (χ1n) is 9.18. The SMILES string of the molecule is CC(=O)c1ccc(Sc2ccc([SH2+])cc2)cc1.O=S(=O)([C-](S(=O)(=O)C(F)(F)F)S(=O)(=O)C(F)(F)F)C(F)(F)F. The number of carbonyl (C=O) groups is 1. The maximum atomic E-state index is 12.0. The van der Waals surface area contributed by atoms with Crippen molar-refractivity contribution in [2.45, 2.75) is 38.1 Å². The predicted octanol–water partition coefficient (Wildman–Crippen LogP) is 4.65. The standard InChI is InChI=1S/C14H12OS2.C4F9O6S3/c1-10(15)11-2-6-13(7-3-11)17-14-8-4-12(16)5-9-14;5-2(6,7)20(14,15)1(21(16,17)3(8,9)10)22(18,19)4(11,12)13/h2-9,16H,1H3;/q;-1/p+1. The number of Topliss-reactive ketones (excluding diaryl/α,β-unsaturated/α-hetero) is 1. The van der Waals surface area contributed by atoms with E-state index in [1.165, 1.54) is 4.90 Å². The van der Waals surface area contributed by atoms with Crippen LogP contribution in [0, 0.1) is 3.91 Å². The number of halogens is 9. The van der Waals surface area contributed by atoms with Gasteiger partial charge >= 0.3 is 16.5 Å². The third kappa shape index (κ3) is 8.27. The van der Waals surface area contributed by atoms with Crippen molar-refractivity contribution < 1.29 is 69.6 Å². The molecule has 0 amide bonds. The Hall–Kier alpha value is -1.97. The topological polar surface area (TPSA) is 119 Å². The molecule has 0 aromatic heterocycles. The molecule has 0 N–H and O–H groups in total. The molecule has 220 valence electrons. The van der Waals surface area contributed by atoms with Gasteiger partial charge in [0.25, 0.3) is 0 Å². The van der Waals surface area contributed by atoms with Crippen molar-refractivity contribution in [1.82, 2.24) is 0 Å². The molecule has 0 bridgehead atoms. The zero-order valence-electron chi connectivity index (χ0n) is 18.5. The van der Waals surface area contributed by atoms with Crippen LogP contribution in [0.1, 0.15) is 17.3 Å². The van der Waals surface area contributed by atoms with E-state index in [1.54, 1.807) is 18.7 Å². The second kappa shape index (κ2) is 11.9. The Morgan fingerprint density at radius 3 is 1.18 bits per heavy atom. The highest BCUT2D eigenvalue weighted by Crippen LogP contribution is 2.47. The van der Waals surface area contributed by atoms with Gasteiger partial charge in [-0.25, -0.2) is 0 Å². The fraction of sp³-hybridized carbons (Fsp3) is 0.222. The predicted molar refractivity (Wildman–Crippen MR) is 124 cm³/mol. The molecular weight excluding hydrogens is 660 g/mol. The van der Waals surface area contributed by atoms with Crippen molar-refractivity contribution in [2.24, 2.45) is 0 Å². The van der Waals surface area contributed by atoms with Crippen molar-refractivity contribution in [2.75, 3.05) is 0 Å². The molecule has 39 heavy (non-hydrogen) atoms. The van der Waals surface area contributed by atoms with Crippen molar-refractivity contribution in [3.8, 4) is 0 Å². The van der Waals surface area contributed by atoms with Gasteiger partial charge in [-0.1, -0.05) is 23.9 Å². The third-order valence-electron chi connectivity index (χ3n) is 3.92. The van der Waals surface area contributed by atoms with Gasteiger partial charge < -0.3 is 0 Å². The lowest BCUT2D eigenvalue weighted by Crippen LogP contribution is -2.47. The van der Waals surface area contributed by atoms with Crippen LogP contribution >= 0.6 is 11.8 Å². The first kappa shape index (κ1) is 35.1. The highest BCUT2D eigenvalue weighted by Gasteiger charge is 2.63. The van der Waals surface area contributed by atoms with Gasteiger partial charge in [0.2, 0.25) is 0 Å². The molecular formula is C18H13F9O7S5. The molecule has 0 spiro atoms. The summed E-state index contributed by atoms with van der Waals surface area (Å²) >= 11 is 5.14. The molecule has 2 aromatic rings. The largest absolute Gasteiger partial charge is 0.470 e. The smallest absolute Gasteiger partial charge is 0.295 e. The van der Waals surface area contributed by atoms with Gasteiger partial charge in [0, 0.05) is 15.4 Å². The summed E-state index contributed by atoms with van der Waals surface area (Å²) < 4.78 is 167. The van der Waals surface area contributed by atoms with Gasteiger partial charge in [0.15, 0.2) is 35.3 Å². The van der Waals surface area contributed by atoms with Crippen LogP contribution in [0.15, 0.2) is 63.2 Å². The summed E-state index contributed by atoms with van der Waals surface area (Å²) in [6, 6.07) is 15.8. The molecule has 0 aliphatic carbocycles. The van der Waals surface area contributed by atoms with Crippen molar-refractivity contribution in [1.29, 1.82) is 0 Å². The molecule has 0 unspecified atom stereocenters. The van der Waals surface area contributed by atoms with Gasteiger partial charge in [0.1, 0.15) is 4.90 Å². The second-order valence-electron chi connectivity index (χ2n) is 6.80. The van der Waals surface area contributed by atoms with Gasteiger partial charge in [-0.05, 0) is 56.0 Å². The first-order valence-corrected chi connectivity index (χ1v) is 14.9. The molecule has 0 aliphatic heterocycles. The van der Waals surface area contributed by atoms with E-state index >= 15 is 0 Å². The Morgan fingerprint density at radius 2 is 0.923 bits per heavy atom. The van der Waals surface area contributed by atoms with Crippen LogP contribution in [0.3, 0.4) is 0 Å². The Morgan fingerprint density at radius 1 is 0.641 bits per heavy atom. The number of benzene rings is 2. The molecule has 7 nitrogen and oxygen atoms in total. The minimum atomic E-state index is -8.02. The lowest BCUT2D eigenvalue weighted by atomic mass is 10.2. The average Bonchev–Trinajstić information content (AvgIpc) is 2.73. The first-order chi connectivity index (χ1) is 17.3. The van der Waals surface area contributed by atoms with Crippen LogP contribution in [0.25, 0.3) is 0 Å². The van der Waals surface area contributed by atoms with E-state index < -0.39 is 50.0 Å². The summed E-state index contributed by atoms with van der Waals surface area (Å²) in [5.74, 6) is 0.102. The van der Waals surface area contributed by atoms with E-state index in [-0.39, 0.29) is 5.78 Å². The minimum Gasteiger partial charge on any atom is -0.295 e. The van der Waals surface area contributed by atoms with E-state index in [0.29, 0.717) is 0 Å². The zero-order valence-corrected chi connectivity index (χ0v) is 22.8. The molecule has 2 aromatic carbocycles. The molecule has 0 fully saturated rings. The monoisotopic (exact) mass is 672 g/mol. The van der Waals surface area contributed by atoms with Crippen LogP contribution in [0.5, 0.6) is 0 Å². The van der Waals surface area contributed by atoms with E-state index in [1.807, 2.05) is 36.4 Å². The van der Waals surface area contributed by atoms with E-state index in [0.717, 1.165) is 15.4 Å². The summed E-state index contributed by atoms with van der Waals surface area (Å²) in [7, 11) is -24.1. The number of sulfone groups is 3. The van der Waals surface area contributed by atoms with Crippen LogP contribution in [0.2, 0.25) is 0 Å². The summed E-state index contributed by atoms with van der Waals surface area (Å²) in [5.41, 5.74) is -20.4. The van der Waals surface area contributed by atoms with Gasteiger partial charge in [-0.3, -0.25) is 30.0 Å². The van der Waals surface area contributed by atoms with E-state index in [9.17, 15) is 69.6 Å². The second-order valence-corrected chi connectivity index (χ2v) is 14.9. The van der Waals surface area contributed by atoms with Crippen LogP contribution < -0.4 is 0 Å². The molecule has 0 radical (unpaired) electrons. The molecule has 0 saturated heterocycles. The number of hydrogen-bond acceptors (Lipinski definition) is 8. The fourth-order valence-electron chi connectivity index (χ4n) is 2.13. The molecule has 2 rings (SSSR count). The van der Waals surface area contributed by atoms with Crippen LogP contribution in [-0.4, -0.2) is 47.6 Å². The van der Waals surface area contributed by atoms with E-state index in [4.69, 9.17) is 0 Å². The Labute approximate surface area is 224 Å². The average molecular weight is 673 g/mol. The number of carbonyl (C=O) groups excluding carboxylic acids is 1. The summed E-state index contributed by atoms with van der Waals surface area (Å²) in [6.45, 7) is 1.58. The van der Waals surface area contributed by atoms with Gasteiger partial charge in [0.05, 0.1) is 3.91 Å². The normalized spacial score (nSPS) is 13.5. The lowest BCUT2D eigenvalue weighted by Gasteiger charge is -2.31. The summed E-state index contributed by atoms with van der Waals surface area (Å²) in [5, 5.41) is 0. The third-order valence-corrected chi connectivity index (χ3v) is 12.4. The number of rotatable bonds is 6. The van der Waals surface area contributed by atoms with Crippen LogP contribution in [0.4, 0.5) is 39.5 Å². The highest BCUT2D eigenvalue weighted by atomic mass is 32.3. The molecule has 21 heteroatoms. The highest BCUT2D eigenvalue weighted by molar-refractivity contribution is 8.29. The molecule has 0 saturated carbocycles. The van der Waals surface area contributed by atoms with Crippen LogP contribution in [-0.2, 0) is 42.1 Å². The number of alkyl halides is 9. The number of hydrogen-bond donors (Lipinski definition) is 0.